The van der Waals surface area contributed by atoms with Crippen LogP contribution in [0, 0.1) is 12.8 Å². The van der Waals surface area contributed by atoms with Crippen molar-refractivity contribution in [3.63, 3.8) is 0 Å². The number of ether oxygens (including phenoxy) is 1. The Hall–Kier alpha value is -2.57. The van der Waals surface area contributed by atoms with E-state index in [-0.39, 0.29) is 17.7 Å². The maximum atomic E-state index is 14.3. The lowest BCUT2D eigenvalue weighted by molar-refractivity contribution is -0.143. The molecule has 0 fully saturated rings. The number of hydrogen-bond acceptors (Lipinski definition) is 4. The van der Waals surface area contributed by atoms with Gasteiger partial charge in [-0.2, -0.15) is 0 Å². The number of nitrogens with one attached hydrogen (secondary N) is 2. The smallest absolute Gasteiger partial charge is 0.408 e. The second-order valence-electron chi connectivity index (χ2n) is 12.1. The molecule has 2 N–H and O–H groups in total. The Morgan fingerprint density at radius 3 is 2.18 bits per heavy atom. The zero-order chi connectivity index (χ0) is 29.4. The van der Waals surface area contributed by atoms with Gasteiger partial charge in [-0.05, 0) is 58.4 Å². The summed E-state index contributed by atoms with van der Waals surface area (Å²) in [7, 11) is 0. The number of hydrogen-bond donors (Lipinski definition) is 2. The Morgan fingerprint density at radius 1 is 0.949 bits per heavy atom. The molecule has 1 aromatic rings. The minimum absolute atomic E-state index is 0.153. The van der Waals surface area contributed by atoms with Crippen LogP contribution in [0.4, 0.5) is 4.79 Å². The molecule has 1 rings (SSSR count). The number of carbonyl (C=O) groups is 3. The van der Waals surface area contributed by atoms with E-state index in [9.17, 15) is 14.4 Å². The van der Waals surface area contributed by atoms with E-state index in [1.807, 2.05) is 45.0 Å². The summed E-state index contributed by atoms with van der Waals surface area (Å²) in [5.41, 5.74) is 1.12. The molecule has 0 aliphatic heterocycles. The number of nitrogens with zero attached hydrogens (tertiary/aromatic N) is 1. The van der Waals surface area contributed by atoms with Gasteiger partial charge in [-0.15, -0.1) is 0 Å². The van der Waals surface area contributed by atoms with Crippen molar-refractivity contribution in [2.45, 2.75) is 131 Å². The number of unbranched alkanes of at least 4 members (excludes halogenated alkanes) is 6. The summed E-state index contributed by atoms with van der Waals surface area (Å²) in [5.74, 6) is -0.278. The molecule has 0 radical (unpaired) electrons. The van der Waals surface area contributed by atoms with Gasteiger partial charge in [-0.1, -0.05) is 96.0 Å². The Bertz CT molecular complexity index is 878. The minimum Gasteiger partial charge on any atom is -0.444 e. The fourth-order valence-corrected chi connectivity index (χ4v) is 4.59. The molecule has 0 aliphatic carbocycles. The van der Waals surface area contributed by atoms with Gasteiger partial charge in [0.1, 0.15) is 17.7 Å². The number of rotatable bonds is 17. The number of alkyl carbamates (subject to hydrolysis) is 1. The van der Waals surface area contributed by atoms with E-state index in [0.717, 1.165) is 62.5 Å². The molecule has 7 nitrogen and oxygen atoms in total. The maximum absolute atomic E-state index is 14.3. The van der Waals surface area contributed by atoms with Gasteiger partial charge in [0.2, 0.25) is 11.8 Å². The lowest BCUT2D eigenvalue weighted by Crippen LogP contribution is -2.53. The second kappa shape index (κ2) is 17.9. The average Bonchev–Trinajstić information content (AvgIpc) is 2.83. The number of aryl methyl sites for hydroxylation is 1. The number of benzene rings is 1. The van der Waals surface area contributed by atoms with Crippen LogP contribution in [0.25, 0.3) is 0 Å². The highest BCUT2D eigenvalue weighted by molar-refractivity contribution is 5.92. The van der Waals surface area contributed by atoms with Gasteiger partial charge in [0.15, 0.2) is 0 Å². The van der Waals surface area contributed by atoms with Crippen molar-refractivity contribution in [3.8, 4) is 0 Å². The van der Waals surface area contributed by atoms with E-state index >= 15 is 0 Å². The molecule has 0 aliphatic rings. The summed E-state index contributed by atoms with van der Waals surface area (Å²) in [4.78, 5) is 42.4. The first-order valence-corrected chi connectivity index (χ1v) is 15.0. The van der Waals surface area contributed by atoms with E-state index in [0.29, 0.717) is 19.5 Å². The van der Waals surface area contributed by atoms with Crippen LogP contribution in [0.3, 0.4) is 0 Å². The average molecular weight is 546 g/mol. The largest absolute Gasteiger partial charge is 0.444 e. The van der Waals surface area contributed by atoms with Crippen LogP contribution in [-0.4, -0.2) is 47.5 Å². The lowest BCUT2D eigenvalue weighted by atomic mass is 9.97. The van der Waals surface area contributed by atoms with E-state index in [4.69, 9.17) is 4.74 Å². The lowest BCUT2D eigenvalue weighted by Gasteiger charge is -2.35. The third-order valence-electron chi connectivity index (χ3n) is 6.48. The molecule has 2 atom stereocenters. The molecule has 3 amide bonds. The molecule has 7 heteroatoms. The van der Waals surface area contributed by atoms with Gasteiger partial charge in [-0.25, -0.2) is 4.79 Å². The number of amides is 3. The Morgan fingerprint density at radius 2 is 1.59 bits per heavy atom. The zero-order valence-electron chi connectivity index (χ0n) is 25.9. The van der Waals surface area contributed by atoms with Crippen LogP contribution < -0.4 is 10.6 Å². The standard InChI is InChI=1S/C32H55N3O4/c1-9-11-13-14-16-21-35(30(37)27(22-24(3)4)34-31(38)39-32(6,7)8)28(26-19-17-18-25(5)23-26)29(36)33-20-15-12-10-2/h17-19,23-24,27-28H,9-16,20-22H2,1-8H3,(H,33,36)(H,34,38). The van der Waals surface area contributed by atoms with Gasteiger partial charge < -0.3 is 20.3 Å². The summed E-state index contributed by atoms with van der Waals surface area (Å²) in [6.07, 6.45) is 7.94. The molecule has 1 aromatic carbocycles. The van der Waals surface area contributed by atoms with Gasteiger partial charge >= 0.3 is 6.09 Å². The highest BCUT2D eigenvalue weighted by Crippen LogP contribution is 2.26. The monoisotopic (exact) mass is 545 g/mol. The third-order valence-corrected chi connectivity index (χ3v) is 6.48. The summed E-state index contributed by atoms with van der Waals surface area (Å²) >= 11 is 0. The van der Waals surface area contributed by atoms with Crippen molar-refractivity contribution in [1.29, 1.82) is 0 Å². The van der Waals surface area contributed by atoms with Crippen molar-refractivity contribution in [2.75, 3.05) is 13.1 Å². The topological polar surface area (TPSA) is 87.7 Å². The highest BCUT2D eigenvalue weighted by Gasteiger charge is 2.36. The minimum atomic E-state index is -0.796. The van der Waals surface area contributed by atoms with Crippen molar-refractivity contribution in [2.24, 2.45) is 5.92 Å². The second-order valence-corrected chi connectivity index (χ2v) is 12.1. The van der Waals surface area contributed by atoms with Crippen molar-refractivity contribution in [3.05, 3.63) is 35.4 Å². The third kappa shape index (κ3) is 13.9. The fourth-order valence-electron chi connectivity index (χ4n) is 4.59. The summed E-state index contributed by atoms with van der Waals surface area (Å²) < 4.78 is 5.49. The molecule has 0 bridgehead atoms. The molecule has 0 saturated heterocycles. The van der Waals surface area contributed by atoms with E-state index in [1.54, 1.807) is 25.7 Å². The van der Waals surface area contributed by atoms with Crippen molar-refractivity contribution < 1.29 is 19.1 Å². The molecule has 0 aromatic heterocycles. The van der Waals surface area contributed by atoms with Crippen LogP contribution >= 0.6 is 0 Å². The van der Waals surface area contributed by atoms with Gasteiger partial charge in [0, 0.05) is 13.1 Å². The van der Waals surface area contributed by atoms with Crippen LogP contribution in [0.1, 0.15) is 123 Å². The maximum Gasteiger partial charge on any atom is 0.408 e. The molecule has 0 spiro atoms. The van der Waals surface area contributed by atoms with Crippen LogP contribution in [-0.2, 0) is 14.3 Å². The molecular weight excluding hydrogens is 490 g/mol. The van der Waals surface area contributed by atoms with Gasteiger partial charge in [0.05, 0.1) is 0 Å². The Kier molecular flexibility index (Phi) is 15.8. The summed E-state index contributed by atoms with van der Waals surface area (Å²) in [5, 5.41) is 5.92. The first-order valence-electron chi connectivity index (χ1n) is 15.0. The molecule has 39 heavy (non-hydrogen) atoms. The fraction of sp³-hybridized carbons (Fsp3) is 0.719. The Labute approximate surface area is 237 Å². The van der Waals surface area contributed by atoms with Gasteiger partial charge in [0.25, 0.3) is 0 Å². The zero-order valence-corrected chi connectivity index (χ0v) is 25.9. The first kappa shape index (κ1) is 34.5. The predicted octanol–water partition coefficient (Wildman–Crippen LogP) is 7.08. The SMILES string of the molecule is CCCCCCCN(C(=O)C(CC(C)C)NC(=O)OC(C)(C)C)C(C(=O)NCCCCC)c1cccc(C)c1. The summed E-state index contributed by atoms with van der Waals surface area (Å²) in [6, 6.07) is 6.24. The molecule has 2 unspecified atom stereocenters. The first-order chi connectivity index (χ1) is 18.4. The molecule has 0 saturated carbocycles. The normalized spacial score (nSPS) is 13.1. The van der Waals surface area contributed by atoms with E-state index in [2.05, 4.69) is 24.5 Å². The number of carbonyl (C=O) groups excluding carboxylic acids is 3. The van der Waals surface area contributed by atoms with Crippen LogP contribution in [0.15, 0.2) is 24.3 Å². The molecule has 0 heterocycles. The summed E-state index contributed by atoms with van der Waals surface area (Å²) in [6.45, 7) is 16.7. The quantitative estimate of drug-likeness (QED) is 0.205. The van der Waals surface area contributed by atoms with E-state index < -0.39 is 23.8 Å². The highest BCUT2D eigenvalue weighted by atomic mass is 16.6. The van der Waals surface area contributed by atoms with Crippen LogP contribution in [0.5, 0.6) is 0 Å². The van der Waals surface area contributed by atoms with Crippen molar-refractivity contribution in [1.82, 2.24) is 15.5 Å². The van der Waals surface area contributed by atoms with Crippen molar-refractivity contribution >= 4 is 17.9 Å². The molecular formula is C32H55N3O4. The van der Waals surface area contributed by atoms with Gasteiger partial charge in [-0.3, -0.25) is 9.59 Å². The van der Waals surface area contributed by atoms with Crippen LogP contribution in [0.2, 0.25) is 0 Å². The Balaban J connectivity index is 3.41. The predicted molar refractivity (Wildman–Crippen MR) is 160 cm³/mol. The molecule has 222 valence electrons. The van der Waals surface area contributed by atoms with E-state index in [1.165, 1.54) is 0 Å².